The van der Waals surface area contributed by atoms with Crippen LogP contribution in [0.15, 0.2) is 18.2 Å². The average molecular weight is 276 g/mol. The van der Waals surface area contributed by atoms with Crippen molar-refractivity contribution >= 4 is 32.7 Å². The molecule has 0 bridgehead atoms. The number of halogens is 1. The van der Waals surface area contributed by atoms with Crippen molar-refractivity contribution < 1.29 is 12.8 Å². The Balaban J connectivity index is 2.68. The van der Waals surface area contributed by atoms with Crippen molar-refractivity contribution in [1.29, 1.82) is 0 Å². The maximum absolute atomic E-state index is 13.4. The maximum Gasteiger partial charge on any atom is 0.149 e. The van der Waals surface area contributed by atoms with Gasteiger partial charge in [-0.05, 0) is 18.2 Å². The van der Waals surface area contributed by atoms with Crippen molar-refractivity contribution in [1.82, 2.24) is 0 Å². The zero-order valence-electron chi connectivity index (χ0n) is 9.23. The highest BCUT2D eigenvalue weighted by molar-refractivity contribution is 7.90. The fourth-order valence-electron chi connectivity index (χ4n) is 1.21. The van der Waals surface area contributed by atoms with Crippen LogP contribution in [-0.2, 0) is 9.84 Å². The summed E-state index contributed by atoms with van der Waals surface area (Å²) < 4.78 is 35.2. The highest BCUT2D eigenvalue weighted by Crippen LogP contribution is 2.14. The summed E-state index contributed by atoms with van der Waals surface area (Å²) in [6.07, 6.45) is 1.14. The van der Waals surface area contributed by atoms with Crippen LogP contribution >= 0.6 is 12.2 Å². The van der Waals surface area contributed by atoms with E-state index in [1.54, 1.807) is 6.07 Å². The van der Waals surface area contributed by atoms with Gasteiger partial charge in [-0.1, -0.05) is 12.2 Å². The first kappa shape index (κ1) is 13.9. The van der Waals surface area contributed by atoms with Crippen LogP contribution in [0.3, 0.4) is 0 Å². The molecular weight excluding hydrogens is 263 g/mol. The van der Waals surface area contributed by atoms with Gasteiger partial charge in [-0.25, -0.2) is 12.8 Å². The molecule has 7 heteroatoms. The van der Waals surface area contributed by atoms with E-state index in [9.17, 15) is 12.8 Å². The minimum Gasteiger partial charge on any atom is -0.389 e. The maximum atomic E-state index is 13.4. The molecule has 0 aliphatic rings. The van der Waals surface area contributed by atoms with E-state index in [1.807, 2.05) is 0 Å². The molecule has 0 amide bonds. The first-order valence-corrected chi connectivity index (χ1v) is 7.27. The van der Waals surface area contributed by atoms with E-state index in [0.717, 1.165) is 6.26 Å². The van der Waals surface area contributed by atoms with Crippen LogP contribution in [0.1, 0.15) is 5.56 Å². The fraction of sp³-hybridized carbons (Fsp3) is 0.300. The summed E-state index contributed by atoms with van der Waals surface area (Å²) in [6.45, 7) is 0.227. The lowest BCUT2D eigenvalue weighted by Crippen LogP contribution is -2.15. The van der Waals surface area contributed by atoms with Gasteiger partial charge in [0, 0.05) is 24.1 Å². The average Bonchev–Trinajstić information content (AvgIpc) is 2.15. The summed E-state index contributed by atoms with van der Waals surface area (Å²) in [4.78, 5) is -0.00909. The molecule has 1 aromatic rings. The predicted octanol–water partition coefficient (Wildman–Crippen LogP) is 0.916. The third-order valence-electron chi connectivity index (χ3n) is 2.04. The summed E-state index contributed by atoms with van der Waals surface area (Å²) in [5.74, 6) is -0.534. The van der Waals surface area contributed by atoms with Crippen LogP contribution in [0.2, 0.25) is 0 Å². The Kier molecular flexibility index (Phi) is 4.41. The third-order valence-corrected chi connectivity index (χ3v) is 3.20. The summed E-state index contributed by atoms with van der Waals surface area (Å²) in [5, 5.41) is 2.80. The molecule has 0 spiro atoms. The Morgan fingerprint density at radius 2 is 2.18 bits per heavy atom. The smallest absolute Gasteiger partial charge is 0.149 e. The van der Waals surface area contributed by atoms with E-state index in [2.05, 4.69) is 17.5 Å². The molecule has 0 unspecified atom stereocenters. The molecule has 0 atom stereocenters. The van der Waals surface area contributed by atoms with E-state index >= 15 is 0 Å². The van der Waals surface area contributed by atoms with Crippen molar-refractivity contribution in [3.05, 3.63) is 29.6 Å². The van der Waals surface area contributed by atoms with Gasteiger partial charge in [0.2, 0.25) is 0 Å². The Hall–Kier alpha value is -1.21. The van der Waals surface area contributed by atoms with Gasteiger partial charge in [0.25, 0.3) is 0 Å². The predicted molar refractivity (Wildman–Crippen MR) is 70.5 cm³/mol. The van der Waals surface area contributed by atoms with Crippen molar-refractivity contribution in [3.8, 4) is 0 Å². The van der Waals surface area contributed by atoms with Gasteiger partial charge in [-0.2, -0.15) is 0 Å². The van der Waals surface area contributed by atoms with E-state index < -0.39 is 15.7 Å². The monoisotopic (exact) mass is 276 g/mol. The van der Waals surface area contributed by atoms with Gasteiger partial charge in [0.1, 0.15) is 20.6 Å². The van der Waals surface area contributed by atoms with Crippen LogP contribution in [-0.4, -0.2) is 32.0 Å². The standard InChI is InChI=1S/C10H13FN2O2S2/c1-17(14,15)5-4-13-7-2-3-8(10(12)16)9(11)6-7/h2-3,6,13H,4-5H2,1H3,(H2,12,16). The molecule has 0 fully saturated rings. The van der Waals surface area contributed by atoms with E-state index in [0.29, 0.717) is 5.69 Å². The number of sulfone groups is 1. The molecule has 3 N–H and O–H groups in total. The minimum absolute atomic E-state index is 0.00826. The zero-order chi connectivity index (χ0) is 13.1. The van der Waals surface area contributed by atoms with Gasteiger partial charge >= 0.3 is 0 Å². The highest BCUT2D eigenvalue weighted by atomic mass is 32.2. The van der Waals surface area contributed by atoms with Crippen LogP contribution in [0.5, 0.6) is 0 Å². The summed E-state index contributed by atoms with van der Waals surface area (Å²) in [6, 6.07) is 4.29. The van der Waals surface area contributed by atoms with Gasteiger partial charge in [0.05, 0.1) is 5.75 Å². The molecule has 0 saturated heterocycles. The molecule has 0 saturated carbocycles. The Morgan fingerprint density at radius 1 is 1.53 bits per heavy atom. The normalized spacial score (nSPS) is 11.2. The van der Waals surface area contributed by atoms with Gasteiger partial charge in [0.15, 0.2) is 0 Å². The molecule has 0 aromatic heterocycles. The number of hydrogen-bond acceptors (Lipinski definition) is 4. The number of benzene rings is 1. The number of hydrogen-bond donors (Lipinski definition) is 2. The van der Waals surface area contributed by atoms with Gasteiger partial charge < -0.3 is 11.1 Å². The number of anilines is 1. The molecule has 4 nitrogen and oxygen atoms in total. The lowest BCUT2D eigenvalue weighted by atomic mass is 10.2. The number of nitrogens with two attached hydrogens (primary N) is 1. The summed E-state index contributed by atoms with van der Waals surface area (Å²) >= 11 is 4.67. The van der Waals surface area contributed by atoms with Crippen LogP contribution < -0.4 is 11.1 Å². The molecule has 17 heavy (non-hydrogen) atoms. The minimum atomic E-state index is -3.02. The quantitative estimate of drug-likeness (QED) is 0.782. The molecule has 94 valence electrons. The first-order valence-electron chi connectivity index (χ1n) is 4.80. The van der Waals surface area contributed by atoms with E-state index in [-0.39, 0.29) is 22.8 Å². The van der Waals surface area contributed by atoms with Crippen molar-refractivity contribution in [2.75, 3.05) is 23.9 Å². The Bertz CT molecular complexity index is 529. The molecule has 1 aromatic carbocycles. The Morgan fingerprint density at radius 3 is 2.65 bits per heavy atom. The lowest BCUT2D eigenvalue weighted by Gasteiger charge is -2.07. The number of thiocarbonyl (C=S) groups is 1. The molecule has 0 heterocycles. The van der Waals surface area contributed by atoms with Gasteiger partial charge in [-0.15, -0.1) is 0 Å². The third kappa shape index (κ3) is 4.66. The van der Waals surface area contributed by atoms with Gasteiger partial charge in [-0.3, -0.25) is 0 Å². The second kappa shape index (κ2) is 5.42. The molecule has 0 aliphatic heterocycles. The topological polar surface area (TPSA) is 72.2 Å². The SMILES string of the molecule is CS(=O)(=O)CCNc1ccc(C(N)=S)c(F)c1. The first-order chi connectivity index (χ1) is 7.79. The van der Waals surface area contributed by atoms with Crippen molar-refractivity contribution in [2.45, 2.75) is 0 Å². The van der Waals surface area contributed by atoms with E-state index in [4.69, 9.17) is 5.73 Å². The number of rotatable bonds is 5. The molecule has 1 rings (SSSR count). The highest BCUT2D eigenvalue weighted by Gasteiger charge is 2.06. The number of nitrogens with one attached hydrogen (secondary N) is 1. The molecular formula is C10H13FN2O2S2. The second-order valence-corrected chi connectivity index (χ2v) is 6.32. The fourth-order valence-corrected chi connectivity index (χ4v) is 1.84. The second-order valence-electron chi connectivity index (χ2n) is 3.62. The summed E-state index contributed by atoms with van der Waals surface area (Å²) in [5.41, 5.74) is 5.98. The summed E-state index contributed by atoms with van der Waals surface area (Å²) in [7, 11) is -3.02. The lowest BCUT2D eigenvalue weighted by molar-refractivity contribution is 0.602. The van der Waals surface area contributed by atoms with Crippen LogP contribution in [0.25, 0.3) is 0 Å². The Labute approximate surface area is 105 Å². The van der Waals surface area contributed by atoms with Crippen LogP contribution in [0.4, 0.5) is 10.1 Å². The zero-order valence-corrected chi connectivity index (χ0v) is 10.9. The largest absolute Gasteiger partial charge is 0.389 e. The molecule has 0 radical (unpaired) electrons. The van der Waals surface area contributed by atoms with Crippen LogP contribution in [0, 0.1) is 5.82 Å². The van der Waals surface area contributed by atoms with Crippen molar-refractivity contribution in [3.63, 3.8) is 0 Å². The van der Waals surface area contributed by atoms with E-state index in [1.165, 1.54) is 12.1 Å². The molecule has 0 aliphatic carbocycles. The van der Waals surface area contributed by atoms with Crippen molar-refractivity contribution in [2.24, 2.45) is 5.73 Å².